The van der Waals surface area contributed by atoms with Gasteiger partial charge in [-0.3, -0.25) is 4.79 Å². The normalized spacial score (nSPS) is 16.8. The number of ether oxygens (including phenoxy) is 1. The number of carbonyl (C=O) groups excluding carboxylic acids is 1. The number of aromatic nitrogens is 2. The number of thioether (sulfide) groups is 1. The maximum Gasteiger partial charge on any atom is 0.306 e. The van der Waals surface area contributed by atoms with Gasteiger partial charge in [-0.2, -0.15) is 11.8 Å². The standard InChI is InChI=1S/C12H18N2O2S/c1-9(5-12(15)16-2)17-7-11-6-13-8-14(11)10-3-4-10/h6,8-10H,3-5,7H2,1-2H3. The van der Waals surface area contributed by atoms with E-state index in [-0.39, 0.29) is 11.2 Å². The molecule has 0 spiro atoms. The van der Waals surface area contributed by atoms with Gasteiger partial charge in [-0.15, -0.1) is 0 Å². The molecule has 1 heterocycles. The monoisotopic (exact) mass is 254 g/mol. The number of esters is 1. The Kier molecular flexibility index (Phi) is 4.10. The average molecular weight is 254 g/mol. The minimum Gasteiger partial charge on any atom is -0.469 e. The molecule has 5 heteroatoms. The minimum atomic E-state index is -0.138. The Bertz CT molecular complexity index is 388. The van der Waals surface area contributed by atoms with Gasteiger partial charge >= 0.3 is 5.97 Å². The summed E-state index contributed by atoms with van der Waals surface area (Å²) in [6.45, 7) is 2.05. The Labute approximate surface area is 106 Å². The first-order valence-corrected chi connectivity index (χ1v) is 6.94. The van der Waals surface area contributed by atoms with Crippen LogP contribution in [0.5, 0.6) is 0 Å². The summed E-state index contributed by atoms with van der Waals surface area (Å²) in [5.74, 6) is 0.773. The topological polar surface area (TPSA) is 44.1 Å². The Morgan fingerprint density at radius 3 is 3.12 bits per heavy atom. The zero-order chi connectivity index (χ0) is 12.3. The first-order chi connectivity index (χ1) is 8.20. The zero-order valence-corrected chi connectivity index (χ0v) is 11.1. The summed E-state index contributed by atoms with van der Waals surface area (Å²) in [6, 6.07) is 0.670. The van der Waals surface area contributed by atoms with Crippen LogP contribution in [0.2, 0.25) is 0 Å². The molecule has 2 rings (SSSR count). The fourth-order valence-electron chi connectivity index (χ4n) is 1.73. The lowest BCUT2D eigenvalue weighted by Gasteiger charge is -2.11. The fraction of sp³-hybridized carbons (Fsp3) is 0.667. The summed E-state index contributed by atoms with van der Waals surface area (Å²) in [5.41, 5.74) is 1.26. The molecule has 0 saturated heterocycles. The highest BCUT2D eigenvalue weighted by molar-refractivity contribution is 7.99. The van der Waals surface area contributed by atoms with E-state index in [2.05, 4.69) is 21.2 Å². The van der Waals surface area contributed by atoms with Crippen LogP contribution in [0.4, 0.5) is 0 Å². The highest BCUT2D eigenvalue weighted by Gasteiger charge is 2.25. The van der Waals surface area contributed by atoms with Gasteiger partial charge < -0.3 is 9.30 Å². The van der Waals surface area contributed by atoms with Crippen molar-refractivity contribution in [3.05, 3.63) is 18.2 Å². The number of methoxy groups -OCH3 is 1. The second-order valence-corrected chi connectivity index (χ2v) is 5.85. The maximum absolute atomic E-state index is 11.1. The zero-order valence-electron chi connectivity index (χ0n) is 10.3. The summed E-state index contributed by atoms with van der Waals surface area (Å²) < 4.78 is 6.92. The van der Waals surface area contributed by atoms with Crippen LogP contribution in [-0.4, -0.2) is 27.9 Å². The van der Waals surface area contributed by atoms with Crippen LogP contribution >= 0.6 is 11.8 Å². The lowest BCUT2D eigenvalue weighted by Crippen LogP contribution is -2.09. The van der Waals surface area contributed by atoms with Crippen molar-refractivity contribution in [3.8, 4) is 0 Å². The van der Waals surface area contributed by atoms with Gasteiger partial charge in [0, 0.05) is 28.9 Å². The molecular formula is C12H18N2O2S. The van der Waals surface area contributed by atoms with Gasteiger partial charge in [0.2, 0.25) is 0 Å². The summed E-state index contributed by atoms with van der Waals surface area (Å²) in [7, 11) is 1.43. The van der Waals surface area contributed by atoms with Crippen LogP contribution < -0.4 is 0 Å². The Morgan fingerprint density at radius 1 is 1.71 bits per heavy atom. The number of imidazole rings is 1. The lowest BCUT2D eigenvalue weighted by molar-refractivity contribution is -0.140. The molecule has 17 heavy (non-hydrogen) atoms. The average Bonchev–Trinajstić information content (AvgIpc) is 3.05. The molecule has 1 atom stereocenters. The van der Waals surface area contributed by atoms with Gasteiger partial charge in [0.15, 0.2) is 0 Å². The number of hydrogen-bond donors (Lipinski definition) is 0. The molecular weight excluding hydrogens is 236 g/mol. The van der Waals surface area contributed by atoms with E-state index in [4.69, 9.17) is 0 Å². The first kappa shape index (κ1) is 12.5. The summed E-state index contributed by atoms with van der Waals surface area (Å²) >= 11 is 1.78. The SMILES string of the molecule is COC(=O)CC(C)SCc1cncn1C1CC1. The number of carbonyl (C=O) groups is 1. The van der Waals surface area contributed by atoms with Crippen molar-refractivity contribution in [3.63, 3.8) is 0 Å². The van der Waals surface area contributed by atoms with Crippen LogP contribution in [-0.2, 0) is 15.3 Å². The third-order valence-electron chi connectivity index (χ3n) is 2.88. The largest absolute Gasteiger partial charge is 0.469 e. The Hall–Kier alpha value is -0.970. The summed E-state index contributed by atoms with van der Waals surface area (Å²) in [6.07, 6.45) is 6.85. The molecule has 1 unspecified atom stereocenters. The van der Waals surface area contributed by atoms with Crippen LogP contribution in [0.1, 0.15) is 37.9 Å². The van der Waals surface area contributed by atoms with Crippen molar-refractivity contribution in [2.75, 3.05) is 7.11 Å². The van der Waals surface area contributed by atoms with Crippen molar-refractivity contribution in [2.24, 2.45) is 0 Å². The molecule has 1 fully saturated rings. The number of hydrogen-bond acceptors (Lipinski definition) is 4. The van der Waals surface area contributed by atoms with Gasteiger partial charge in [-0.05, 0) is 12.8 Å². The van der Waals surface area contributed by atoms with E-state index < -0.39 is 0 Å². The van der Waals surface area contributed by atoms with Crippen molar-refractivity contribution in [2.45, 2.75) is 43.2 Å². The van der Waals surface area contributed by atoms with E-state index in [9.17, 15) is 4.79 Å². The molecule has 0 bridgehead atoms. The third kappa shape index (κ3) is 3.49. The van der Waals surface area contributed by atoms with Crippen LogP contribution in [0, 0.1) is 0 Å². The second kappa shape index (κ2) is 5.58. The molecule has 0 aromatic carbocycles. The molecule has 1 aliphatic carbocycles. The van der Waals surface area contributed by atoms with Crippen molar-refractivity contribution in [1.29, 1.82) is 0 Å². The van der Waals surface area contributed by atoms with E-state index in [0.29, 0.717) is 12.5 Å². The van der Waals surface area contributed by atoms with Gasteiger partial charge in [0.25, 0.3) is 0 Å². The van der Waals surface area contributed by atoms with Crippen LogP contribution in [0.3, 0.4) is 0 Å². The van der Waals surface area contributed by atoms with E-state index in [0.717, 1.165) is 5.75 Å². The number of rotatable bonds is 6. The predicted octanol–water partition coefficient (Wildman–Crippen LogP) is 2.40. The third-order valence-corrected chi connectivity index (χ3v) is 4.08. The van der Waals surface area contributed by atoms with Crippen molar-refractivity contribution >= 4 is 17.7 Å². The molecule has 1 saturated carbocycles. The molecule has 0 N–H and O–H groups in total. The Morgan fingerprint density at radius 2 is 2.47 bits per heavy atom. The summed E-state index contributed by atoms with van der Waals surface area (Å²) in [5, 5.41) is 0.282. The van der Waals surface area contributed by atoms with Crippen molar-refractivity contribution in [1.82, 2.24) is 9.55 Å². The maximum atomic E-state index is 11.1. The van der Waals surface area contributed by atoms with E-state index in [1.54, 1.807) is 11.8 Å². The van der Waals surface area contributed by atoms with E-state index in [1.165, 1.54) is 25.6 Å². The number of nitrogens with zero attached hydrogens (tertiary/aromatic N) is 2. The van der Waals surface area contributed by atoms with E-state index >= 15 is 0 Å². The smallest absolute Gasteiger partial charge is 0.306 e. The molecule has 0 aliphatic heterocycles. The first-order valence-electron chi connectivity index (χ1n) is 5.90. The highest BCUT2D eigenvalue weighted by Crippen LogP contribution is 2.36. The molecule has 4 nitrogen and oxygen atoms in total. The molecule has 1 aliphatic rings. The molecule has 0 radical (unpaired) electrons. The highest BCUT2D eigenvalue weighted by atomic mass is 32.2. The minimum absolute atomic E-state index is 0.138. The molecule has 94 valence electrons. The van der Waals surface area contributed by atoms with Crippen LogP contribution in [0.15, 0.2) is 12.5 Å². The van der Waals surface area contributed by atoms with Gasteiger partial charge in [-0.1, -0.05) is 6.92 Å². The fourth-order valence-corrected chi connectivity index (χ4v) is 2.66. The second-order valence-electron chi connectivity index (χ2n) is 4.43. The van der Waals surface area contributed by atoms with Crippen LogP contribution in [0.25, 0.3) is 0 Å². The van der Waals surface area contributed by atoms with Gasteiger partial charge in [0.05, 0.1) is 19.9 Å². The molecule has 1 aromatic rings. The lowest BCUT2D eigenvalue weighted by atomic mass is 10.3. The molecule has 0 amide bonds. The quantitative estimate of drug-likeness (QED) is 0.731. The molecule has 1 aromatic heterocycles. The Balaban J connectivity index is 1.80. The summed E-state index contributed by atoms with van der Waals surface area (Å²) in [4.78, 5) is 15.3. The van der Waals surface area contributed by atoms with E-state index in [1.807, 2.05) is 12.5 Å². The predicted molar refractivity (Wildman–Crippen MR) is 67.9 cm³/mol. The van der Waals surface area contributed by atoms with Gasteiger partial charge in [-0.25, -0.2) is 4.98 Å². The van der Waals surface area contributed by atoms with Crippen molar-refractivity contribution < 1.29 is 9.53 Å². The van der Waals surface area contributed by atoms with Gasteiger partial charge in [0.1, 0.15) is 0 Å².